The van der Waals surface area contributed by atoms with Gasteiger partial charge in [-0.25, -0.2) is 4.57 Å². The first-order valence-corrected chi connectivity index (χ1v) is 37.1. The lowest BCUT2D eigenvalue weighted by atomic mass is 10.0. The molecule has 0 aromatic rings. The number of unbranched alkanes of at least 4 members (excludes halogenated alkanes) is 17. The molecule has 2 unspecified atom stereocenters. The fourth-order valence-corrected chi connectivity index (χ4v) is 9.76. The van der Waals surface area contributed by atoms with E-state index in [4.69, 9.17) is 24.3 Å². The Morgan fingerprint density at radius 3 is 0.846 bits per heavy atom. The first kappa shape index (κ1) is 85.6. The molecule has 0 amide bonds. The van der Waals surface area contributed by atoms with Crippen molar-refractivity contribution in [1.29, 1.82) is 0 Å². The van der Waals surface area contributed by atoms with E-state index in [0.717, 1.165) is 173 Å². The van der Waals surface area contributed by atoms with Gasteiger partial charge in [0.1, 0.15) is 6.61 Å². The van der Waals surface area contributed by atoms with Crippen LogP contribution in [0.1, 0.15) is 258 Å². The van der Waals surface area contributed by atoms with Crippen LogP contribution < -0.4 is 5.73 Å². The smallest absolute Gasteiger partial charge is 0.462 e. The molecule has 0 radical (unpaired) electrons. The first-order chi connectivity index (χ1) is 44.8. The monoisotopic (exact) mass is 1270 g/mol. The minimum Gasteiger partial charge on any atom is -0.462 e. The van der Waals surface area contributed by atoms with Crippen molar-refractivity contribution in [2.45, 2.75) is 264 Å². The van der Waals surface area contributed by atoms with Gasteiger partial charge in [-0.1, -0.05) is 304 Å². The molecule has 91 heavy (non-hydrogen) atoms. The van der Waals surface area contributed by atoms with Crippen LogP contribution in [-0.2, 0) is 32.7 Å². The molecule has 9 nitrogen and oxygen atoms in total. The summed E-state index contributed by atoms with van der Waals surface area (Å²) in [4.78, 5) is 35.4. The molecule has 0 spiro atoms. The summed E-state index contributed by atoms with van der Waals surface area (Å²) >= 11 is 0. The van der Waals surface area contributed by atoms with E-state index in [0.29, 0.717) is 6.42 Å². The van der Waals surface area contributed by atoms with E-state index in [1.807, 2.05) is 0 Å². The van der Waals surface area contributed by atoms with E-state index in [2.05, 4.69) is 220 Å². The molecule has 10 heteroatoms. The van der Waals surface area contributed by atoms with Gasteiger partial charge in [-0.2, -0.15) is 0 Å². The van der Waals surface area contributed by atoms with Crippen LogP contribution in [0, 0.1) is 0 Å². The number of allylic oxidation sites excluding steroid dienone is 34. The highest BCUT2D eigenvalue weighted by molar-refractivity contribution is 7.47. The van der Waals surface area contributed by atoms with Crippen LogP contribution in [0.15, 0.2) is 207 Å². The Bertz CT molecular complexity index is 2250. The molecule has 510 valence electrons. The Hall–Kier alpha value is -5.41. The number of phosphoric acid groups is 1. The summed E-state index contributed by atoms with van der Waals surface area (Å²) in [7, 11) is -4.42. The van der Waals surface area contributed by atoms with Gasteiger partial charge in [0, 0.05) is 19.4 Å². The Kier molecular flexibility index (Phi) is 69.3. The molecule has 0 aliphatic rings. The van der Waals surface area contributed by atoms with Crippen LogP contribution >= 0.6 is 7.82 Å². The minimum absolute atomic E-state index is 0.0390. The molecule has 0 fully saturated rings. The van der Waals surface area contributed by atoms with Crippen molar-refractivity contribution in [3.05, 3.63) is 207 Å². The van der Waals surface area contributed by atoms with Crippen molar-refractivity contribution >= 4 is 19.8 Å². The summed E-state index contributed by atoms with van der Waals surface area (Å²) in [5.41, 5.74) is 5.40. The summed E-state index contributed by atoms with van der Waals surface area (Å²) in [5, 5.41) is 0. The van der Waals surface area contributed by atoms with Crippen molar-refractivity contribution in [3.8, 4) is 0 Å². The standard InChI is InChI=1S/C81H128NO8P/c1-3-5-7-9-11-13-15-17-19-21-23-25-27-29-31-33-35-37-38-39-40-42-43-45-47-49-51-53-55-57-59-61-63-65-67-69-71-73-80(83)87-77-79(78-89-91(85,86)88-76-75-82)90-81(84)74-72-70-68-66-64-62-60-58-56-54-52-50-48-46-44-41-36-34-32-30-28-26-24-22-20-18-16-14-12-10-8-6-4-2/h5-8,11-14,17-20,23-26,29-32,35-37,39-41,43,45-46,48,52,54,58,60,79H,3-4,9-10,15-16,21-22,27-28,33-34,38,42,44,47,49-51,53,55-57,59,61-78,82H2,1-2H3,(H,85,86)/b7-5-,8-6-,13-11-,14-12-,19-17-,20-18-,25-23-,26-24-,31-29-,32-30-,37-35-,40-39-,41-36-,45-43-,48-46-,54-52-,60-58-. The van der Waals surface area contributed by atoms with E-state index in [1.165, 1.54) is 51.4 Å². The van der Waals surface area contributed by atoms with Crippen LogP contribution in [0.3, 0.4) is 0 Å². The van der Waals surface area contributed by atoms with Gasteiger partial charge in [-0.05, 0) is 148 Å². The second kappa shape index (κ2) is 73.6. The summed E-state index contributed by atoms with van der Waals surface area (Å²) in [5.74, 6) is -0.865. The molecule has 0 rings (SSSR count). The number of rotatable bonds is 64. The fourth-order valence-electron chi connectivity index (χ4n) is 9.00. The number of carbonyl (C=O) groups is 2. The number of hydrogen-bond acceptors (Lipinski definition) is 8. The summed E-state index contributed by atoms with van der Waals surface area (Å²) in [6, 6.07) is 0. The highest BCUT2D eigenvalue weighted by atomic mass is 31.2. The van der Waals surface area contributed by atoms with E-state index in [9.17, 15) is 19.0 Å². The highest BCUT2D eigenvalue weighted by Gasteiger charge is 2.26. The van der Waals surface area contributed by atoms with E-state index in [1.54, 1.807) is 0 Å². The van der Waals surface area contributed by atoms with Crippen LogP contribution in [0.2, 0.25) is 0 Å². The summed E-state index contributed by atoms with van der Waals surface area (Å²) < 4.78 is 33.2. The van der Waals surface area contributed by atoms with Crippen LogP contribution in [0.25, 0.3) is 0 Å². The Morgan fingerprint density at radius 2 is 0.571 bits per heavy atom. The third kappa shape index (κ3) is 73.5. The SMILES string of the molecule is CC/C=C\C/C=C\C/C=C\C/C=C\C/C=C\C/C=C\C/C=C\C/C=C\C/C=C\CCCCCCCC(=O)OC(COC(=O)CCCCCCCCCCCCCC/C=C\C/C=C\C/C=C\C/C=C\C/C=C\C/C=C\C/C=C\C/C=C\CC)COP(=O)(O)OCCN. The predicted octanol–water partition coefficient (Wildman–Crippen LogP) is 23.9. The largest absolute Gasteiger partial charge is 0.472 e. The summed E-state index contributed by atoms with van der Waals surface area (Å²) in [6.45, 7) is 3.47. The van der Waals surface area contributed by atoms with Gasteiger partial charge in [-0.15, -0.1) is 0 Å². The van der Waals surface area contributed by atoms with Crippen molar-refractivity contribution in [2.75, 3.05) is 26.4 Å². The molecular weight excluding hydrogens is 1150 g/mol. The number of phosphoric ester groups is 1. The topological polar surface area (TPSA) is 134 Å². The number of esters is 2. The first-order valence-electron chi connectivity index (χ1n) is 35.6. The average Bonchev–Trinajstić information content (AvgIpc) is 3.74. The Morgan fingerprint density at radius 1 is 0.330 bits per heavy atom. The number of nitrogens with two attached hydrogens (primary N) is 1. The molecule has 0 aliphatic heterocycles. The van der Waals surface area contributed by atoms with Gasteiger partial charge in [0.15, 0.2) is 6.10 Å². The quantitative estimate of drug-likeness (QED) is 0.0264. The number of ether oxygens (including phenoxy) is 2. The van der Waals surface area contributed by atoms with Gasteiger partial charge < -0.3 is 20.1 Å². The Labute approximate surface area is 557 Å². The number of carbonyl (C=O) groups excluding carboxylic acids is 2. The molecule has 0 heterocycles. The van der Waals surface area contributed by atoms with Gasteiger partial charge in [0.05, 0.1) is 13.2 Å². The van der Waals surface area contributed by atoms with Gasteiger partial charge in [0.25, 0.3) is 0 Å². The molecule has 0 aliphatic carbocycles. The summed E-state index contributed by atoms with van der Waals surface area (Å²) in [6.07, 6.45) is 113. The number of hydrogen-bond donors (Lipinski definition) is 2. The van der Waals surface area contributed by atoms with Crippen molar-refractivity contribution < 1.29 is 37.6 Å². The molecule has 0 aromatic carbocycles. The maximum atomic E-state index is 12.8. The van der Waals surface area contributed by atoms with Gasteiger partial charge in [-0.3, -0.25) is 18.6 Å². The molecule has 0 saturated carbocycles. The molecular formula is C81H128NO8P. The maximum absolute atomic E-state index is 12.8. The van der Waals surface area contributed by atoms with Crippen molar-refractivity contribution in [1.82, 2.24) is 0 Å². The zero-order valence-electron chi connectivity index (χ0n) is 57.2. The van der Waals surface area contributed by atoms with Crippen molar-refractivity contribution in [3.63, 3.8) is 0 Å². The highest BCUT2D eigenvalue weighted by Crippen LogP contribution is 2.43. The maximum Gasteiger partial charge on any atom is 0.472 e. The fraction of sp³-hybridized carbons (Fsp3) is 0.556. The lowest BCUT2D eigenvalue weighted by Gasteiger charge is -2.19. The van der Waals surface area contributed by atoms with Crippen LogP contribution in [0.5, 0.6) is 0 Å². The second-order valence-electron chi connectivity index (χ2n) is 22.6. The second-order valence-corrected chi connectivity index (χ2v) is 24.1. The third-order valence-electron chi connectivity index (χ3n) is 14.2. The molecule has 0 aromatic heterocycles. The zero-order chi connectivity index (χ0) is 65.8. The predicted molar refractivity (Wildman–Crippen MR) is 394 cm³/mol. The Balaban J connectivity index is 4.01. The van der Waals surface area contributed by atoms with Gasteiger partial charge in [0.2, 0.25) is 0 Å². The lowest BCUT2D eigenvalue weighted by molar-refractivity contribution is -0.161. The van der Waals surface area contributed by atoms with E-state index < -0.39 is 32.5 Å². The molecule has 2 atom stereocenters. The normalized spacial score (nSPS) is 14.2. The van der Waals surface area contributed by atoms with Crippen LogP contribution in [-0.4, -0.2) is 49.3 Å². The molecule has 3 N–H and O–H groups in total. The van der Waals surface area contributed by atoms with Crippen molar-refractivity contribution in [2.24, 2.45) is 5.73 Å². The third-order valence-corrected chi connectivity index (χ3v) is 15.1. The lowest BCUT2D eigenvalue weighted by Crippen LogP contribution is -2.29. The van der Waals surface area contributed by atoms with Crippen LogP contribution in [0.4, 0.5) is 0 Å². The van der Waals surface area contributed by atoms with Gasteiger partial charge >= 0.3 is 19.8 Å². The zero-order valence-corrected chi connectivity index (χ0v) is 58.1. The minimum atomic E-state index is -4.42. The van der Waals surface area contributed by atoms with E-state index >= 15 is 0 Å². The van der Waals surface area contributed by atoms with E-state index in [-0.39, 0.29) is 32.6 Å². The molecule has 0 bridgehead atoms. The molecule has 0 saturated heterocycles. The average molecular weight is 1270 g/mol.